The summed E-state index contributed by atoms with van der Waals surface area (Å²) in [5.41, 5.74) is -0.0873. The highest BCUT2D eigenvalue weighted by molar-refractivity contribution is 7.94. The molecule has 0 N–H and O–H groups in total. The zero-order valence-corrected chi connectivity index (χ0v) is 9.53. The van der Waals surface area contributed by atoms with Crippen molar-refractivity contribution in [2.24, 2.45) is 0 Å². The van der Waals surface area contributed by atoms with Crippen LogP contribution in [0.3, 0.4) is 0 Å². The van der Waals surface area contributed by atoms with E-state index in [0.717, 1.165) is 16.9 Å². The van der Waals surface area contributed by atoms with Gasteiger partial charge in [0, 0.05) is 29.1 Å². The van der Waals surface area contributed by atoms with E-state index in [1.807, 2.05) is 6.92 Å². The van der Waals surface area contributed by atoms with Crippen molar-refractivity contribution in [3.8, 4) is 0 Å². The fourth-order valence-corrected chi connectivity index (χ4v) is 1.82. The first kappa shape index (κ1) is 11.4. The van der Waals surface area contributed by atoms with Crippen molar-refractivity contribution >= 4 is 17.7 Å². The van der Waals surface area contributed by atoms with Gasteiger partial charge in [0.25, 0.3) is 5.69 Å². The van der Waals surface area contributed by atoms with E-state index >= 15 is 0 Å². The molecule has 2 rings (SSSR count). The zero-order chi connectivity index (χ0) is 11.6. The van der Waals surface area contributed by atoms with Crippen LogP contribution in [0.5, 0.6) is 0 Å². The number of non-ortho nitro benzene ring substituents is 1. The number of nitrogens with zero attached hydrogens (tertiary/aromatic N) is 1. The van der Waals surface area contributed by atoms with E-state index in [-0.39, 0.29) is 11.3 Å². The van der Waals surface area contributed by atoms with Gasteiger partial charge in [-0.15, -0.1) is 0 Å². The van der Waals surface area contributed by atoms with Gasteiger partial charge in [-0.2, -0.15) is 0 Å². The molecular formula is C10H11NO4S. The van der Waals surface area contributed by atoms with Crippen LogP contribution < -0.4 is 0 Å². The van der Waals surface area contributed by atoms with Gasteiger partial charge < -0.3 is 8.92 Å². The molecule has 86 valence electrons. The largest absolute Gasteiger partial charge is 0.367 e. The van der Waals surface area contributed by atoms with Crippen molar-refractivity contribution < 1.29 is 13.8 Å². The summed E-state index contributed by atoms with van der Waals surface area (Å²) < 4.78 is 10.5. The Morgan fingerprint density at radius 1 is 1.69 bits per heavy atom. The molecule has 1 saturated heterocycles. The van der Waals surface area contributed by atoms with Gasteiger partial charge in [-0.25, -0.2) is 0 Å². The minimum absolute atomic E-state index is 0.0717. The van der Waals surface area contributed by atoms with Gasteiger partial charge in [0.05, 0.1) is 18.1 Å². The summed E-state index contributed by atoms with van der Waals surface area (Å²) in [4.78, 5) is 10.8. The van der Waals surface area contributed by atoms with E-state index in [1.165, 1.54) is 12.1 Å². The van der Waals surface area contributed by atoms with Gasteiger partial charge in [-0.3, -0.25) is 10.1 Å². The van der Waals surface area contributed by atoms with Gasteiger partial charge in [0.1, 0.15) is 5.60 Å². The molecule has 1 fully saturated rings. The molecule has 1 atom stereocenters. The van der Waals surface area contributed by atoms with Gasteiger partial charge in [-0.1, -0.05) is 6.07 Å². The van der Waals surface area contributed by atoms with E-state index in [9.17, 15) is 10.1 Å². The van der Waals surface area contributed by atoms with Gasteiger partial charge in [0.2, 0.25) is 0 Å². The number of epoxide rings is 1. The molecule has 1 aromatic rings. The van der Waals surface area contributed by atoms with Crippen molar-refractivity contribution in [2.75, 3.05) is 13.2 Å². The van der Waals surface area contributed by atoms with Gasteiger partial charge in [-0.05, 0) is 13.0 Å². The number of benzene rings is 1. The smallest absolute Gasteiger partial charge is 0.270 e. The van der Waals surface area contributed by atoms with Crippen molar-refractivity contribution in [3.63, 3.8) is 0 Å². The third kappa shape index (κ3) is 2.94. The van der Waals surface area contributed by atoms with E-state index in [0.29, 0.717) is 13.2 Å². The van der Waals surface area contributed by atoms with E-state index in [1.54, 1.807) is 12.1 Å². The molecule has 1 unspecified atom stereocenters. The lowest BCUT2D eigenvalue weighted by molar-refractivity contribution is -0.385. The summed E-state index contributed by atoms with van der Waals surface area (Å²) in [6.45, 7) is 3.16. The van der Waals surface area contributed by atoms with Crippen LogP contribution in [0.15, 0.2) is 29.2 Å². The van der Waals surface area contributed by atoms with Crippen LogP contribution in [-0.4, -0.2) is 23.7 Å². The number of hydrogen-bond donors (Lipinski definition) is 0. The molecule has 0 bridgehead atoms. The summed E-state index contributed by atoms with van der Waals surface area (Å²) in [7, 11) is 0. The second-order valence-electron chi connectivity index (χ2n) is 3.84. The minimum atomic E-state index is -0.421. The number of hydrogen-bond acceptors (Lipinski definition) is 5. The fourth-order valence-electron chi connectivity index (χ4n) is 1.08. The van der Waals surface area contributed by atoms with Gasteiger partial charge in [0.15, 0.2) is 0 Å². The second kappa shape index (κ2) is 4.40. The standard InChI is InChI=1S/C10H11NO4S/c1-10(6-14-10)7-15-16-9-4-2-3-8(5-9)11(12)13/h2-5H,6-7H2,1H3. The zero-order valence-electron chi connectivity index (χ0n) is 8.71. The first-order valence-electron chi connectivity index (χ1n) is 4.77. The Hall–Kier alpha value is -1.11. The highest BCUT2D eigenvalue weighted by Crippen LogP contribution is 2.30. The predicted molar refractivity (Wildman–Crippen MR) is 59.3 cm³/mol. The van der Waals surface area contributed by atoms with E-state index < -0.39 is 4.92 Å². The normalized spacial score (nSPS) is 23.1. The quantitative estimate of drug-likeness (QED) is 0.343. The van der Waals surface area contributed by atoms with Crippen LogP contribution in [0.25, 0.3) is 0 Å². The number of nitro benzene ring substituents is 1. The van der Waals surface area contributed by atoms with Crippen LogP contribution >= 0.6 is 12.0 Å². The van der Waals surface area contributed by atoms with Crippen LogP contribution in [0, 0.1) is 10.1 Å². The topological polar surface area (TPSA) is 64.9 Å². The first-order chi connectivity index (χ1) is 7.59. The number of ether oxygens (including phenoxy) is 1. The lowest BCUT2D eigenvalue weighted by Crippen LogP contribution is -2.11. The van der Waals surface area contributed by atoms with Crippen molar-refractivity contribution in [2.45, 2.75) is 17.4 Å². The van der Waals surface area contributed by atoms with Crippen LogP contribution in [0.2, 0.25) is 0 Å². The Bertz CT molecular complexity index is 406. The Balaban J connectivity index is 1.88. The maximum absolute atomic E-state index is 10.5. The fraction of sp³-hybridized carbons (Fsp3) is 0.400. The Labute approximate surface area is 97.1 Å². The molecule has 16 heavy (non-hydrogen) atoms. The Morgan fingerprint density at radius 2 is 2.44 bits per heavy atom. The van der Waals surface area contributed by atoms with Crippen LogP contribution in [0.1, 0.15) is 6.92 Å². The maximum atomic E-state index is 10.5. The lowest BCUT2D eigenvalue weighted by Gasteiger charge is -2.05. The molecule has 1 aliphatic rings. The monoisotopic (exact) mass is 241 g/mol. The third-order valence-electron chi connectivity index (χ3n) is 2.18. The summed E-state index contributed by atoms with van der Waals surface area (Å²) in [5, 5.41) is 10.5. The second-order valence-corrected chi connectivity index (χ2v) is 4.71. The highest BCUT2D eigenvalue weighted by Gasteiger charge is 2.39. The van der Waals surface area contributed by atoms with Crippen molar-refractivity contribution in [3.05, 3.63) is 34.4 Å². The minimum Gasteiger partial charge on any atom is -0.367 e. The van der Waals surface area contributed by atoms with Crippen molar-refractivity contribution in [1.82, 2.24) is 0 Å². The molecule has 0 spiro atoms. The molecule has 6 heteroatoms. The summed E-state index contributed by atoms with van der Waals surface area (Å²) in [5.74, 6) is 0. The Morgan fingerprint density at radius 3 is 3.06 bits per heavy atom. The maximum Gasteiger partial charge on any atom is 0.270 e. The molecular weight excluding hydrogens is 230 g/mol. The summed E-state index contributed by atoms with van der Waals surface area (Å²) in [6, 6.07) is 6.35. The van der Waals surface area contributed by atoms with E-state index in [4.69, 9.17) is 8.92 Å². The molecule has 0 amide bonds. The number of nitro groups is 1. The SMILES string of the molecule is CC1(COSc2cccc([N+](=O)[O-])c2)CO1. The molecule has 5 nitrogen and oxygen atoms in total. The van der Waals surface area contributed by atoms with Crippen molar-refractivity contribution in [1.29, 1.82) is 0 Å². The van der Waals surface area contributed by atoms with Crippen LogP contribution in [-0.2, 0) is 8.92 Å². The Kier molecular flexibility index (Phi) is 3.13. The molecule has 0 radical (unpaired) electrons. The predicted octanol–water partition coefficient (Wildman–Crippen LogP) is 2.41. The molecule has 0 saturated carbocycles. The summed E-state index contributed by atoms with van der Waals surface area (Å²) >= 11 is 1.13. The molecule has 1 aromatic carbocycles. The lowest BCUT2D eigenvalue weighted by atomic mass is 10.2. The summed E-state index contributed by atoms with van der Waals surface area (Å²) in [6.07, 6.45) is 0. The molecule has 0 aliphatic carbocycles. The average molecular weight is 241 g/mol. The van der Waals surface area contributed by atoms with Gasteiger partial charge >= 0.3 is 0 Å². The number of rotatable bonds is 5. The molecule has 0 aromatic heterocycles. The first-order valence-corrected chi connectivity index (χ1v) is 5.51. The molecule has 1 aliphatic heterocycles. The average Bonchev–Trinajstić information content (AvgIpc) is 2.97. The third-order valence-corrected chi connectivity index (χ3v) is 2.87. The van der Waals surface area contributed by atoms with E-state index in [2.05, 4.69) is 0 Å². The highest BCUT2D eigenvalue weighted by atomic mass is 32.2. The van der Waals surface area contributed by atoms with Crippen LogP contribution in [0.4, 0.5) is 5.69 Å². The molecule has 1 heterocycles.